The molecule has 6 nitrogen and oxygen atoms in total. The van der Waals surface area contributed by atoms with Crippen molar-refractivity contribution in [3.63, 3.8) is 0 Å². The second kappa shape index (κ2) is 5.43. The third kappa shape index (κ3) is 2.61. The SMILES string of the molecule is COc1c(Oc2ccc(N)c(F)c2)cccc1[N+](=O)[O-]. The summed E-state index contributed by atoms with van der Waals surface area (Å²) >= 11 is 0. The molecular weight excluding hydrogens is 267 g/mol. The topological polar surface area (TPSA) is 87.6 Å². The van der Waals surface area contributed by atoms with Crippen LogP contribution in [-0.2, 0) is 0 Å². The van der Waals surface area contributed by atoms with E-state index in [4.69, 9.17) is 15.2 Å². The Morgan fingerprint density at radius 3 is 2.65 bits per heavy atom. The third-order valence-electron chi connectivity index (χ3n) is 2.56. The number of halogens is 1. The molecule has 2 aromatic carbocycles. The summed E-state index contributed by atoms with van der Waals surface area (Å²) in [5.41, 5.74) is 5.11. The van der Waals surface area contributed by atoms with Crippen LogP contribution >= 0.6 is 0 Å². The zero-order chi connectivity index (χ0) is 14.7. The Morgan fingerprint density at radius 1 is 1.30 bits per heavy atom. The largest absolute Gasteiger partial charge is 0.488 e. The molecule has 0 unspecified atom stereocenters. The van der Waals surface area contributed by atoms with Crippen molar-refractivity contribution in [3.8, 4) is 17.2 Å². The van der Waals surface area contributed by atoms with Crippen molar-refractivity contribution in [2.75, 3.05) is 12.8 Å². The molecule has 0 spiro atoms. The van der Waals surface area contributed by atoms with Crippen LogP contribution in [0.1, 0.15) is 0 Å². The number of hydrogen-bond donors (Lipinski definition) is 1. The number of para-hydroxylation sites is 1. The molecule has 2 N–H and O–H groups in total. The number of nitro groups is 1. The molecule has 20 heavy (non-hydrogen) atoms. The van der Waals surface area contributed by atoms with Gasteiger partial charge < -0.3 is 15.2 Å². The maximum Gasteiger partial charge on any atom is 0.314 e. The summed E-state index contributed by atoms with van der Waals surface area (Å²) < 4.78 is 23.7. The summed E-state index contributed by atoms with van der Waals surface area (Å²) in [7, 11) is 1.29. The van der Waals surface area contributed by atoms with E-state index < -0.39 is 10.7 Å². The number of nitrogen functional groups attached to an aromatic ring is 1. The predicted molar refractivity (Wildman–Crippen MR) is 70.5 cm³/mol. The minimum Gasteiger partial charge on any atom is -0.488 e. The van der Waals surface area contributed by atoms with E-state index in [1.54, 1.807) is 0 Å². The molecule has 7 heteroatoms. The van der Waals surface area contributed by atoms with Crippen LogP contribution in [0.3, 0.4) is 0 Å². The van der Waals surface area contributed by atoms with Crippen LogP contribution in [0.15, 0.2) is 36.4 Å². The smallest absolute Gasteiger partial charge is 0.314 e. The summed E-state index contributed by atoms with van der Waals surface area (Å²) in [5, 5.41) is 10.9. The maximum absolute atomic E-state index is 13.3. The number of nitrogens with zero attached hydrogens (tertiary/aromatic N) is 1. The van der Waals surface area contributed by atoms with E-state index in [1.165, 1.54) is 37.4 Å². The van der Waals surface area contributed by atoms with Gasteiger partial charge in [-0.25, -0.2) is 4.39 Å². The van der Waals surface area contributed by atoms with Crippen LogP contribution in [-0.4, -0.2) is 12.0 Å². The minimum absolute atomic E-state index is 0.0108. The first-order chi connectivity index (χ1) is 9.52. The van der Waals surface area contributed by atoms with E-state index in [2.05, 4.69) is 0 Å². The number of benzene rings is 2. The van der Waals surface area contributed by atoms with Crippen molar-refractivity contribution in [2.24, 2.45) is 0 Å². The van der Waals surface area contributed by atoms with Crippen LogP contribution in [0.25, 0.3) is 0 Å². The molecule has 0 atom stereocenters. The number of hydrogen-bond acceptors (Lipinski definition) is 5. The molecule has 104 valence electrons. The summed E-state index contributed by atoms with van der Waals surface area (Å²) in [6.45, 7) is 0. The highest BCUT2D eigenvalue weighted by atomic mass is 19.1. The second-order valence-corrected chi connectivity index (χ2v) is 3.85. The van der Waals surface area contributed by atoms with Crippen LogP contribution in [0, 0.1) is 15.9 Å². The highest BCUT2D eigenvalue weighted by Gasteiger charge is 2.19. The Kier molecular flexibility index (Phi) is 3.69. The summed E-state index contributed by atoms with van der Waals surface area (Å²) in [4.78, 5) is 10.3. The van der Waals surface area contributed by atoms with Gasteiger partial charge >= 0.3 is 5.69 Å². The van der Waals surface area contributed by atoms with Crippen molar-refractivity contribution in [1.82, 2.24) is 0 Å². The minimum atomic E-state index is -0.633. The molecule has 0 aliphatic rings. The Bertz CT molecular complexity index is 661. The van der Waals surface area contributed by atoms with E-state index in [0.717, 1.165) is 6.07 Å². The molecule has 0 heterocycles. The number of methoxy groups -OCH3 is 1. The van der Waals surface area contributed by atoms with Gasteiger partial charge in [0.15, 0.2) is 5.75 Å². The zero-order valence-electron chi connectivity index (χ0n) is 10.5. The first-order valence-corrected chi connectivity index (χ1v) is 5.57. The van der Waals surface area contributed by atoms with Gasteiger partial charge in [-0.05, 0) is 18.2 Å². The van der Waals surface area contributed by atoms with Crippen LogP contribution in [0.4, 0.5) is 15.8 Å². The van der Waals surface area contributed by atoms with Crippen LogP contribution in [0.2, 0.25) is 0 Å². The third-order valence-corrected chi connectivity index (χ3v) is 2.56. The lowest BCUT2D eigenvalue weighted by atomic mass is 10.2. The highest BCUT2D eigenvalue weighted by Crippen LogP contribution is 2.39. The fourth-order valence-electron chi connectivity index (χ4n) is 1.63. The number of nitro benzene ring substituents is 1. The van der Waals surface area contributed by atoms with Gasteiger partial charge in [0.25, 0.3) is 0 Å². The monoisotopic (exact) mass is 278 g/mol. The van der Waals surface area contributed by atoms with E-state index in [0.29, 0.717) is 0 Å². The maximum atomic E-state index is 13.3. The molecule has 0 aliphatic carbocycles. The average Bonchev–Trinajstić information content (AvgIpc) is 2.42. The molecule has 0 fully saturated rings. The Labute approximate surface area is 113 Å². The normalized spacial score (nSPS) is 10.1. The lowest BCUT2D eigenvalue weighted by Crippen LogP contribution is -1.97. The van der Waals surface area contributed by atoms with Crippen LogP contribution in [0.5, 0.6) is 17.2 Å². The molecule has 0 aliphatic heterocycles. The lowest BCUT2D eigenvalue weighted by molar-refractivity contribution is -0.385. The molecule has 0 saturated heterocycles. The number of anilines is 1. The molecule has 0 saturated carbocycles. The Hall–Kier alpha value is -2.83. The Balaban J connectivity index is 2.40. The predicted octanol–water partition coefficient (Wildman–Crippen LogP) is 3.12. The standard InChI is InChI=1S/C13H11FN2O4/c1-19-13-11(16(17)18)3-2-4-12(13)20-8-5-6-10(15)9(14)7-8/h2-7H,15H2,1H3. The van der Waals surface area contributed by atoms with Crippen molar-refractivity contribution < 1.29 is 18.8 Å². The van der Waals surface area contributed by atoms with Crippen molar-refractivity contribution in [2.45, 2.75) is 0 Å². The van der Waals surface area contributed by atoms with Gasteiger partial charge in [-0.15, -0.1) is 0 Å². The molecule has 2 rings (SSSR count). The molecule has 0 radical (unpaired) electrons. The van der Waals surface area contributed by atoms with Crippen LogP contribution < -0.4 is 15.2 Å². The quantitative estimate of drug-likeness (QED) is 0.527. The molecule has 0 bridgehead atoms. The first kappa shape index (κ1) is 13.6. The molecule has 0 aromatic heterocycles. The number of rotatable bonds is 4. The van der Waals surface area contributed by atoms with Gasteiger partial charge in [-0.3, -0.25) is 10.1 Å². The van der Waals surface area contributed by atoms with Gasteiger partial charge in [0, 0.05) is 12.1 Å². The molecule has 2 aromatic rings. The van der Waals surface area contributed by atoms with Gasteiger partial charge in [-0.2, -0.15) is 0 Å². The lowest BCUT2D eigenvalue weighted by Gasteiger charge is -2.10. The van der Waals surface area contributed by atoms with Gasteiger partial charge in [0.2, 0.25) is 5.75 Å². The summed E-state index contributed by atoms with van der Waals surface area (Å²) in [6, 6.07) is 8.11. The van der Waals surface area contributed by atoms with E-state index in [-0.39, 0.29) is 28.6 Å². The summed E-state index contributed by atoms with van der Waals surface area (Å²) in [6.07, 6.45) is 0. The fraction of sp³-hybridized carbons (Fsp3) is 0.0769. The second-order valence-electron chi connectivity index (χ2n) is 3.85. The van der Waals surface area contributed by atoms with Gasteiger partial charge in [0.1, 0.15) is 11.6 Å². The number of ether oxygens (including phenoxy) is 2. The van der Waals surface area contributed by atoms with Crippen molar-refractivity contribution in [3.05, 3.63) is 52.3 Å². The fourth-order valence-corrected chi connectivity index (χ4v) is 1.63. The van der Waals surface area contributed by atoms with Crippen molar-refractivity contribution in [1.29, 1.82) is 0 Å². The van der Waals surface area contributed by atoms with E-state index in [1.807, 2.05) is 0 Å². The van der Waals surface area contributed by atoms with Gasteiger partial charge in [0.05, 0.1) is 17.7 Å². The van der Waals surface area contributed by atoms with Gasteiger partial charge in [-0.1, -0.05) is 6.07 Å². The highest BCUT2D eigenvalue weighted by molar-refractivity contribution is 5.57. The summed E-state index contributed by atoms with van der Waals surface area (Å²) in [5.74, 6) is -0.386. The molecular formula is C13H11FN2O4. The molecule has 0 amide bonds. The van der Waals surface area contributed by atoms with Crippen molar-refractivity contribution >= 4 is 11.4 Å². The van der Waals surface area contributed by atoms with E-state index >= 15 is 0 Å². The first-order valence-electron chi connectivity index (χ1n) is 5.57. The average molecular weight is 278 g/mol. The van der Waals surface area contributed by atoms with E-state index in [9.17, 15) is 14.5 Å². The number of nitrogens with two attached hydrogens (primary N) is 1. The Morgan fingerprint density at radius 2 is 2.05 bits per heavy atom. The zero-order valence-corrected chi connectivity index (χ0v) is 10.5.